The molecule has 0 bridgehead atoms. The van der Waals surface area contributed by atoms with Crippen LogP contribution >= 0.6 is 0 Å². The number of aryl methyl sites for hydroxylation is 1. The Morgan fingerprint density at radius 3 is 2.21 bits per heavy atom. The number of hydrogen-bond donors (Lipinski definition) is 0. The fourth-order valence-corrected chi connectivity index (χ4v) is 3.35. The standard InChI is InChI=1S/C20H14F3N/c1-24-17-9-5-4-8-16(17)18(20(21,22)23)19(24)15-11-10-13-6-2-3-7-14(13)12-15/h2-12H,1H3. The lowest BCUT2D eigenvalue weighted by molar-refractivity contribution is -0.135. The average Bonchev–Trinajstić information content (AvgIpc) is 2.88. The molecule has 0 unspecified atom stereocenters. The van der Waals surface area contributed by atoms with E-state index < -0.39 is 11.7 Å². The third-order valence-corrected chi connectivity index (χ3v) is 4.41. The van der Waals surface area contributed by atoms with E-state index in [2.05, 4.69) is 0 Å². The van der Waals surface area contributed by atoms with Crippen molar-refractivity contribution in [2.75, 3.05) is 0 Å². The van der Waals surface area contributed by atoms with Crippen LogP contribution in [0.4, 0.5) is 13.2 Å². The Labute approximate surface area is 136 Å². The molecule has 4 aromatic rings. The first-order valence-electron chi connectivity index (χ1n) is 7.60. The fourth-order valence-electron chi connectivity index (χ4n) is 3.35. The van der Waals surface area contributed by atoms with Gasteiger partial charge >= 0.3 is 6.18 Å². The molecule has 0 saturated carbocycles. The highest BCUT2D eigenvalue weighted by molar-refractivity contribution is 5.95. The molecule has 1 heterocycles. The molecule has 1 nitrogen and oxygen atoms in total. The summed E-state index contributed by atoms with van der Waals surface area (Å²) in [5, 5.41) is 2.16. The SMILES string of the molecule is Cn1c(-c2ccc3ccccc3c2)c(C(F)(F)F)c2ccccc21. The molecule has 0 aliphatic carbocycles. The maximum Gasteiger partial charge on any atom is 0.419 e. The van der Waals surface area contributed by atoms with E-state index in [9.17, 15) is 13.2 Å². The number of nitrogens with zero attached hydrogens (tertiary/aromatic N) is 1. The molecule has 0 atom stereocenters. The van der Waals surface area contributed by atoms with E-state index in [-0.39, 0.29) is 11.1 Å². The second kappa shape index (κ2) is 5.13. The lowest BCUT2D eigenvalue weighted by Gasteiger charge is -2.12. The zero-order valence-corrected chi connectivity index (χ0v) is 12.9. The number of fused-ring (bicyclic) bond motifs is 2. The van der Waals surface area contributed by atoms with Crippen molar-refractivity contribution in [2.45, 2.75) is 6.18 Å². The highest BCUT2D eigenvalue weighted by Crippen LogP contribution is 2.43. The largest absolute Gasteiger partial charge is 0.419 e. The van der Waals surface area contributed by atoms with Crippen LogP contribution < -0.4 is 0 Å². The zero-order valence-electron chi connectivity index (χ0n) is 12.9. The third-order valence-electron chi connectivity index (χ3n) is 4.41. The molecular formula is C20H14F3N. The number of rotatable bonds is 1. The summed E-state index contributed by atoms with van der Waals surface area (Å²) in [6, 6.07) is 19.7. The molecular weight excluding hydrogens is 311 g/mol. The van der Waals surface area contributed by atoms with Gasteiger partial charge in [-0.2, -0.15) is 13.2 Å². The molecule has 0 aliphatic rings. The van der Waals surface area contributed by atoms with Crippen molar-refractivity contribution in [2.24, 2.45) is 7.05 Å². The summed E-state index contributed by atoms with van der Waals surface area (Å²) in [7, 11) is 1.68. The Kier molecular flexibility index (Phi) is 3.17. The van der Waals surface area contributed by atoms with Crippen LogP contribution in [0.1, 0.15) is 5.56 Å². The topological polar surface area (TPSA) is 4.93 Å². The molecule has 3 aromatic carbocycles. The Morgan fingerprint density at radius 2 is 1.46 bits per heavy atom. The molecule has 1 aromatic heterocycles. The normalized spacial score (nSPS) is 12.2. The molecule has 0 aliphatic heterocycles. The van der Waals surface area contributed by atoms with Crippen molar-refractivity contribution < 1.29 is 13.2 Å². The van der Waals surface area contributed by atoms with Gasteiger partial charge in [-0.25, -0.2) is 0 Å². The van der Waals surface area contributed by atoms with Crippen molar-refractivity contribution in [3.63, 3.8) is 0 Å². The minimum Gasteiger partial charge on any atom is -0.343 e. The van der Waals surface area contributed by atoms with Crippen LogP contribution in [0.3, 0.4) is 0 Å². The van der Waals surface area contributed by atoms with Gasteiger partial charge in [-0.15, -0.1) is 0 Å². The monoisotopic (exact) mass is 325 g/mol. The van der Waals surface area contributed by atoms with Gasteiger partial charge in [-0.3, -0.25) is 0 Å². The average molecular weight is 325 g/mol. The van der Waals surface area contributed by atoms with Crippen molar-refractivity contribution in [3.05, 3.63) is 72.3 Å². The first-order valence-corrected chi connectivity index (χ1v) is 7.60. The van der Waals surface area contributed by atoms with Gasteiger partial charge in [0.05, 0.1) is 11.3 Å². The number of hydrogen-bond acceptors (Lipinski definition) is 0. The van der Waals surface area contributed by atoms with Gasteiger partial charge in [0.15, 0.2) is 0 Å². The Hall–Kier alpha value is -2.75. The van der Waals surface area contributed by atoms with Crippen LogP contribution in [0.5, 0.6) is 0 Å². The molecule has 4 rings (SSSR count). The van der Waals surface area contributed by atoms with E-state index >= 15 is 0 Å². The second-order valence-electron chi connectivity index (χ2n) is 5.86. The number of halogens is 3. The van der Waals surface area contributed by atoms with Crippen LogP contribution in [0.2, 0.25) is 0 Å². The molecule has 0 N–H and O–H groups in total. The minimum absolute atomic E-state index is 0.203. The minimum atomic E-state index is -4.41. The maximum atomic E-state index is 13.8. The van der Waals surface area contributed by atoms with E-state index in [0.29, 0.717) is 11.1 Å². The van der Waals surface area contributed by atoms with Crippen molar-refractivity contribution in [3.8, 4) is 11.3 Å². The quantitative estimate of drug-likeness (QED) is 0.403. The predicted molar refractivity (Wildman–Crippen MR) is 90.9 cm³/mol. The molecule has 24 heavy (non-hydrogen) atoms. The van der Waals surface area contributed by atoms with E-state index in [1.165, 1.54) is 6.07 Å². The summed E-state index contributed by atoms with van der Waals surface area (Å²) in [6.45, 7) is 0. The highest BCUT2D eigenvalue weighted by atomic mass is 19.4. The first-order chi connectivity index (χ1) is 11.5. The molecule has 0 amide bonds. The first kappa shape index (κ1) is 14.8. The van der Waals surface area contributed by atoms with E-state index in [0.717, 1.165) is 10.8 Å². The third kappa shape index (κ3) is 2.18. The fraction of sp³-hybridized carbons (Fsp3) is 0.100. The molecule has 0 saturated heterocycles. The summed E-state index contributed by atoms with van der Waals surface area (Å²) < 4.78 is 43.0. The summed E-state index contributed by atoms with van der Waals surface area (Å²) in [4.78, 5) is 0. The van der Waals surface area contributed by atoms with Gasteiger partial charge in [0.2, 0.25) is 0 Å². The molecule has 120 valence electrons. The number of para-hydroxylation sites is 1. The Morgan fingerprint density at radius 1 is 0.792 bits per heavy atom. The van der Waals surface area contributed by atoms with Crippen LogP contribution in [0.25, 0.3) is 32.9 Å². The maximum absolute atomic E-state index is 13.8. The van der Waals surface area contributed by atoms with Crippen LogP contribution in [0.15, 0.2) is 66.7 Å². The number of benzene rings is 3. The molecule has 0 radical (unpaired) electrons. The van der Waals surface area contributed by atoms with Crippen LogP contribution in [0, 0.1) is 0 Å². The smallest absolute Gasteiger partial charge is 0.343 e. The van der Waals surface area contributed by atoms with Crippen molar-refractivity contribution in [1.82, 2.24) is 4.57 Å². The van der Waals surface area contributed by atoms with E-state index in [1.807, 2.05) is 36.4 Å². The summed E-state index contributed by atoms with van der Waals surface area (Å²) in [6.07, 6.45) is -4.41. The van der Waals surface area contributed by atoms with Gasteiger partial charge in [0.25, 0.3) is 0 Å². The number of alkyl halides is 3. The summed E-state index contributed by atoms with van der Waals surface area (Å²) >= 11 is 0. The lowest BCUT2D eigenvalue weighted by Crippen LogP contribution is -2.07. The van der Waals surface area contributed by atoms with Gasteiger partial charge in [-0.05, 0) is 28.5 Å². The molecule has 4 heteroatoms. The van der Waals surface area contributed by atoms with E-state index in [1.54, 1.807) is 35.9 Å². The Balaban J connectivity index is 2.09. The second-order valence-corrected chi connectivity index (χ2v) is 5.86. The van der Waals surface area contributed by atoms with Crippen molar-refractivity contribution >= 4 is 21.7 Å². The van der Waals surface area contributed by atoms with Crippen molar-refractivity contribution in [1.29, 1.82) is 0 Å². The molecule has 0 fully saturated rings. The lowest BCUT2D eigenvalue weighted by atomic mass is 10.0. The van der Waals surface area contributed by atoms with Crippen LogP contribution in [-0.2, 0) is 13.2 Å². The van der Waals surface area contributed by atoms with Gasteiger partial charge < -0.3 is 4.57 Å². The molecule has 0 spiro atoms. The summed E-state index contributed by atoms with van der Waals surface area (Å²) in [5.74, 6) is 0. The Bertz CT molecular complexity index is 1060. The highest BCUT2D eigenvalue weighted by Gasteiger charge is 2.38. The summed E-state index contributed by atoms with van der Waals surface area (Å²) in [5.41, 5.74) is 0.776. The van der Waals surface area contributed by atoms with Crippen LogP contribution in [-0.4, -0.2) is 4.57 Å². The predicted octanol–water partition coefficient (Wildman–Crippen LogP) is 6.02. The van der Waals surface area contributed by atoms with E-state index in [4.69, 9.17) is 0 Å². The van der Waals surface area contributed by atoms with Gasteiger partial charge in [0.1, 0.15) is 0 Å². The zero-order chi connectivity index (χ0) is 16.9. The number of aromatic nitrogens is 1. The van der Waals surface area contributed by atoms with Gasteiger partial charge in [-0.1, -0.05) is 54.6 Å². The van der Waals surface area contributed by atoms with Gasteiger partial charge in [0, 0.05) is 18.0 Å².